The van der Waals surface area contributed by atoms with Crippen molar-refractivity contribution in [3.63, 3.8) is 0 Å². The second-order valence-corrected chi connectivity index (χ2v) is 9.18. The van der Waals surface area contributed by atoms with Crippen molar-refractivity contribution in [2.75, 3.05) is 26.7 Å². The van der Waals surface area contributed by atoms with Gasteiger partial charge < -0.3 is 14.4 Å². The van der Waals surface area contributed by atoms with Gasteiger partial charge in [-0.3, -0.25) is 4.79 Å². The van der Waals surface area contributed by atoms with Crippen molar-refractivity contribution in [1.29, 1.82) is 0 Å². The van der Waals surface area contributed by atoms with Crippen LogP contribution < -0.4 is 0 Å². The number of hydrogen-bond acceptors (Lipinski definition) is 4. The molecule has 2 aromatic rings. The number of carbonyl (C=O) groups excluding carboxylic acids is 1. The number of unbranched alkanes of at least 4 members (excludes halogenated alkanes) is 2. The lowest BCUT2D eigenvalue weighted by molar-refractivity contribution is -0.140. The number of likely N-dealkylation sites (tertiary alicyclic amines) is 1. The van der Waals surface area contributed by atoms with E-state index in [1.54, 1.807) is 0 Å². The topological polar surface area (TPSA) is 38.8 Å². The minimum Gasteiger partial charge on any atom is -0.469 e. The van der Waals surface area contributed by atoms with E-state index < -0.39 is 0 Å². The molecular weight excluding hydrogens is 398 g/mol. The molecule has 1 heterocycles. The zero-order valence-electron chi connectivity index (χ0n) is 20.0. The van der Waals surface area contributed by atoms with Crippen molar-refractivity contribution in [2.45, 2.75) is 70.5 Å². The number of hydrogen-bond donors (Lipinski definition) is 0. The van der Waals surface area contributed by atoms with Crippen molar-refractivity contribution < 1.29 is 14.3 Å². The molecule has 174 valence electrons. The molecule has 4 heteroatoms. The Morgan fingerprint density at radius 1 is 0.906 bits per heavy atom. The molecule has 4 nitrogen and oxygen atoms in total. The summed E-state index contributed by atoms with van der Waals surface area (Å²) in [5.74, 6) is 0.430. The van der Waals surface area contributed by atoms with Crippen molar-refractivity contribution in [3.8, 4) is 0 Å². The molecule has 0 bridgehead atoms. The van der Waals surface area contributed by atoms with Gasteiger partial charge >= 0.3 is 5.97 Å². The van der Waals surface area contributed by atoms with Crippen LogP contribution in [0.4, 0.5) is 0 Å². The molecule has 1 aliphatic rings. The normalized spacial score (nSPS) is 16.2. The van der Waals surface area contributed by atoms with Gasteiger partial charge in [-0.1, -0.05) is 74.9 Å². The second kappa shape index (κ2) is 12.8. The minimum absolute atomic E-state index is 0.0210. The molecule has 0 aromatic heterocycles. The van der Waals surface area contributed by atoms with Crippen LogP contribution in [0.2, 0.25) is 0 Å². The Bertz CT molecular complexity index is 795. The van der Waals surface area contributed by atoms with Gasteiger partial charge in [-0.05, 0) is 54.8 Å². The Morgan fingerprint density at radius 2 is 1.53 bits per heavy atom. The van der Waals surface area contributed by atoms with E-state index in [2.05, 4.69) is 73.3 Å². The standard InChI is InChI=1S/C28H39NO3/c1-22(2)23-13-15-25(16-14-23)28(24-10-6-4-7-11-24)32-26-17-20-29(21-18-26)19-9-5-8-12-27(30)31-3/h4,6-7,10-11,13-16,22,26,28H,5,8-9,12,17-21H2,1-3H3. The molecule has 0 spiro atoms. The largest absolute Gasteiger partial charge is 0.469 e. The second-order valence-electron chi connectivity index (χ2n) is 9.18. The fourth-order valence-corrected chi connectivity index (χ4v) is 4.38. The van der Waals surface area contributed by atoms with E-state index in [1.165, 1.54) is 23.8 Å². The molecule has 1 atom stereocenters. The Morgan fingerprint density at radius 3 is 2.16 bits per heavy atom. The summed E-state index contributed by atoms with van der Waals surface area (Å²) in [5, 5.41) is 0. The molecule has 0 radical (unpaired) electrons. The van der Waals surface area contributed by atoms with Gasteiger partial charge in [0, 0.05) is 19.5 Å². The quantitative estimate of drug-likeness (QED) is 0.314. The number of carbonyl (C=O) groups is 1. The fraction of sp³-hybridized carbons (Fsp3) is 0.536. The van der Waals surface area contributed by atoms with E-state index in [1.807, 2.05) is 0 Å². The lowest BCUT2D eigenvalue weighted by Gasteiger charge is -2.34. The van der Waals surface area contributed by atoms with E-state index in [-0.39, 0.29) is 18.2 Å². The first-order valence-corrected chi connectivity index (χ1v) is 12.2. The Labute approximate surface area is 193 Å². The molecule has 32 heavy (non-hydrogen) atoms. The molecule has 2 aromatic carbocycles. The van der Waals surface area contributed by atoms with Gasteiger partial charge in [-0.15, -0.1) is 0 Å². The van der Waals surface area contributed by atoms with Crippen molar-refractivity contribution >= 4 is 5.97 Å². The molecule has 1 unspecified atom stereocenters. The maximum atomic E-state index is 11.2. The average Bonchev–Trinajstić information content (AvgIpc) is 2.83. The number of benzene rings is 2. The van der Waals surface area contributed by atoms with E-state index in [0.29, 0.717) is 12.3 Å². The highest BCUT2D eigenvalue weighted by atomic mass is 16.5. The van der Waals surface area contributed by atoms with Crippen LogP contribution >= 0.6 is 0 Å². The van der Waals surface area contributed by atoms with Crippen LogP contribution in [-0.4, -0.2) is 43.7 Å². The smallest absolute Gasteiger partial charge is 0.305 e. The van der Waals surface area contributed by atoms with Gasteiger partial charge in [0.2, 0.25) is 0 Å². The maximum Gasteiger partial charge on any atom is 0.305 e. The number of rotatable bonds is 11. The highest BCUT2D eigenvalue weighted by Gasteiger charge is 2.24. The predicted molar refractivity (Wildman–Crippen MR) is 130 cm³/mol. The maximum absolute atomic E-state index is 11.2. The highest BCUT2D eigenvalue weighted by molar-refractivity contribution is 5.68. The lowest BCUT2D eigenvalue weighted by atomic mass is 9.96. The minimum atomic E-state index is -0.102. The van der Waals surface area contributed by atoms with E-state index in [9.17, 15) is 4.79 Å². The third kappa shape index (κ3) is 7.46. The van der Waals surface area contributed by atoms with Gasteiger partial charge in [-0.2, -0.15) is 0 Å². The highest BCUT2D eigenvalue weighted by Crippen LogP contribution is 2.31. The lowest BCUT2D eigenvalue weighted by Crippen LogP contribution is -2.38. The zero-order valence-corrected chi connectivity index (χ0v) is 20.0. The zero-order chi connectivity index (χ0) is 22.8. The van der Waals surface area contributed by atoms with Crippen LogP contribution in [0.15, 0.2) is 54.6 Å². The predicted octanol–water partition coefficient (Wildman–Crippen LogP) is 6.11. The first kappa shape index (κ1) is 24.5. The van der Waals surface area contributed by atoms with Gasteiger partial charge in [0.25, 0.3) is 0 Å². The van der Waals surface area contributed by atoms with E-state index >= 15 is 0 Å². The summed E-state index contributed by atoms with van der Waals surface area (Å²) in [6, 6.07) is 19.5. The third-order valence-electron chi connectivity index (χ3n) is 6.45. The summed E-state index contributed by atoms with van der Waals surface area (Å²) < 4.78 is 11.4. The molecule has 0 N–H and O–H groups in total. The Hall–Kier alpha value is -2.17. The van der Waals surface area contributed by atoms with Crippen molar-refractivity contribution in [1.82, 2.24) is 4.90 Å². The summed E-state index contributed by atoms with van der Waals surface area (Å²) >= 11 is 0. The van der Waals surface area contributed by atoms with Gasteiger partial charge in [0.1, 0.15) is 6.10 Å². The number of piperidine rings is 1. The van der Waals surface area contributed by atoms with Gasteiger partial charge in [0.05, 0.1) is 13.2 Å². The van der Waals surface area contributed by atoms with Gasteiger partial charge in [-0.25, -0.2) is 0 Å². The summed E-state index contributed by atoms with van der Waals surface area (Å²) in [5.41, 5.74) is 3.81. The van der Waals surface area contributed by atoms with Crippen LogP contribution in [0.3, 0.4) is 0 Å². The number of ether oxygens (including phenoxy) is 2. The van der Waals surface area contributed by atoms with Crippen molar-refractivity contribution in [3.05, 3.63) is 71.3 Å². The molecule has 0 aliphatic carbocycles. The molecule has 1 fully saturated rings. The van der Waals surface area contributed by atoms with Crippen LogP contribution in [0.1, 0.15) is 81.1 Å². The van der Waals surface area contributed by atoms with E-state index in [4.69, 9.17) is 9.47 Å². The molecule has 1 aliphatic heterocycles. The van der Waals surface area contributed by atoms with Crippen LogP contribution in [0, 0.1) is 0 Å². The summed E-state index contributed by atoms with van der Waals surface area (Å²) in [6.07, 6.45) is 6.05. The summed E-state index contributed by atoms with van der Waals surface area (Å²) in [6.45, 7) is 7.72. The fourth-order valence-electron chi connectivity index (χ4n) is 4.38. The van der Waals surface area contributed by atoms with E-state index in [0.717, 1.165) is 51.7 Å². The molecular formula is C28H39NO3. The SMILES string of the molecule is COC(=O)CCCCCN1CCC(OC(c2ccccc2)c2ccc(C(C)C)cc2)CC1. The molecule has 3 rings (SSSR count). The Balaban J connectivity index is 1.51. The third-order valence-corrected chi connectivity index (χ3v) is 6.45. The number of esters is 1. The van der Waals surface area contributed by atoms with Gasteiger partial charge in [0.15, 0.2) is 0 Å². The van der Waals surface area contributed by atoms with Crippen molar-refractivity contribution in [2.24, 2.45) is 0 Å². The summed E-state index contributed by atoms with van der Waals surface area (Å²) in [4.78, 5) is 13.7. The molecule has 0 amide bonds. The molecule has 1 saturated heterocycles. The number of methoxy groups -OCH3 is 1. The van der Waals surface area contributed by atoms with Crippen LogP contribution in [0.25, 0.3) is 0 Å². The summed E-state index contributed by atoms with van der Waals surface area (Å²) in [7, 11) is 1.46. The monoisotopic (exact) mass is 437 g/mol. The Kier molecular flexibility index (Phi) is 9.76. The van der Waals surface area contributed by atoms with Crippen LogP contribution in [-0.2, 0) is 14.3 Å². The first-order valence-electron chi connectivity index (χ1n) is 12.2. The van der Waals surface area contributed by atoms with Crippen LogP contribution in [0.5, 0.6) is 0 Å². The first-order chi connectivity index (χ1) is 15.6. The average molecular weight is 438 g/mol. The number of nitrogens with zero attached hydrogens (tertiary/aromatic N) is 1. The molecule has 0 saturated carbocycles.